The fourth-order valence-corrected chi connectivity index (χ4v) is 1.97. The van der Waals surface area contributed by atoms with Gasteiger partial charge < -0.3 is 5.73 Å². The average molecular weight is 272 g/mol. The number of rotatable bonds is 5. The predicted octanol–water partition coefficient (Wildman–Crippen LogP) is 0.00460. The van der Waals surface area contributed by atoms with Crippen molar-refractivity contribution in [2.45, 2.75) is 37.7 Å². The number of imide groups is 1. The van der Waals surface area contributed by atoms with Gasteiger partial charge in [-0.1, -0.05) is 25.6 Å². The lowest BCUT2D eigenvalue weighted by molar-refractivity contribution is -0.119. The van der Waals surface area contributed by atoms with E-state index in [-0.39, 0.29) is 0 Å². The number of thioether (sulfide) groups is 1. The lowest BCUT2D eigenvalue weighted by Crippen LogP contribution is -2.39. The maximum atomic E-state index is 11.5. The Bertz CT molecular complexity index is 432. The number of primary amides is 1. The van der Waals surface area contributed by atoms with E-state index in [9.17, 15) is 9.59 Å². The van der Waals surface area contributed by atoms with Gasteiger partial charge in [0, 0.05) is 6.54 Å². The van der Waals surface area contributed by atoms with E-state index in [1.807, 2.05) is 19.2 Å². The summed E-state index contributed by atoms with van der Waals surface area (Å²) in [6.07, 6.45) is 0. The van der Waals surface area contributed by atoms with E-state index < -0.39 is 17.2 Å². The van der Waals surface area contributed by atoms with Gasteiger partial charge in [-0.25, -0.2) is 9.48 Å². The molecule has 1 heterocycles. The monoisotopic (exact) mass is 272 g/mol. The number of hydrogen-bond acceptors (Lipinski definition) is 6. The van der Waals surface area contributed by atoms with E-state index in [1.54, 1.807) is 11.6 Å². The van der Waals surface area contributed by atoms with Crippen molar-refractivity contribution in [3.63, 3.8) is 0 Å². The average Bonchev–Trinajstić information content (AvgIpc) is 2.63. The van der Waals surface area contributed by atoms with Crippen LogP contribution in [0.25, 0.3) is 0 Å². The molecule has 1 aromatic heterocycles. The third-order valence-corrected chi connectivity index (χ3v) is 3.01. The van der Waals surface area contributed by atoms with Gasteiger partial charge in [-0.15, -0.1) is 5.10 Å². The number of amides is 3. The standard InChI is InChI=1S/C9H16N6O2S/c1-5(2)4-15-9(12-13-14-15)18-6(3)7(16)11-8(10)17/h5-6H,4H2,1-3H3,(H3,10,11,16,17). The fourth-order valence-electron chi connectivity index (χ4n) is 1.18. The van der Waals surface area contributed by atoms with Crippen LogP contribution < -0.4 is 11.1 Å². The number of tetrazole rings is 1. The molecule has 1 atom stereocenters. The Morgan fingerprint density at radius 3 is 2.67 bits per heavy atom. The van der Waals surface area contributed by atoms with Crippen molar-refractivity contribution in [1.82, 2.24) is 25.5 Å². The fraction of sp³-hybridized carbons (Fsp3) is 0.667. The molecule has 0 saturated heterocycles. The first-order valence-electron chi connectivity index (χ1n) is 5.43. The molecule has 18 heavy (non-hydrogen) atoms. The van der Waals surface area contributed by atoms with Gasteiger partial charge in [0.25, 0.3) is 0 Å². The highest BCUT2D eigenvalue weighted by Crippen LogP contribution is 2.20. The van der Waals surface area contributed by atoms with Crippen molar-refractivity contribution in [3.8, 4) is 0 Å². The summed E-state index contributed by atoms with van der Waals surface area (Å²) in [5.74, 6) is -0.0748. The topological polar surface area (TPSA) is 116 Å². The highest BCUT2D eigenvalue weighted by molar-refractivity contribution is 8.00. The highest BCUT2D eigenvalue weighted by atomic mass is 32.2. The van der Waals surface area contributed by atoms with Crippen LogP contribution in [0.15, 0.2) is 5.16 Å². The molecule has 8 nitrogen and oxygen atoms in total. The largest absolute Gasteiger partial charge is 0.351 e. The second-order valence-electron chi connectivity index (χ2n) is 4.15. The minimum Gasteiger partial charge on any atom is -0.351 e. The summed E-state index contributed by atoms with van der Waals surface area (Å²) >= 11 is 1.18. The summed E-state index contributed by atoms with van der Waals surface area (Å²) in [6.45, 7) is 6.40. The van der Waals surface area contributed by atoms with Crippen LogP contribution in [0.4, 0.5) is 4.79 Å². The van der Waals surface area contributed by atoms with E-state index in [1.165, 1.54) is 11.8 Å². The van der Waals surface area contributed by atoms with Gasteiger partial charge >= 0.3 is 6.03 Å². The van der Waals surface area contributed by atoms with Crippen LogP contribution in [0.3, 0.4) is 0 Å². The maximum absolute atomic E-state index is 11.5. The Balaban J connectivity index is 2.64. The third kappa shape index (κ3) is 4.32. The van der Waals surface area contributed by atoms with Crippen LogP contribution in [-0.4, -0.2) is 37.4 Å². The first-order valence-corrected chi connectivity index (χ1v) is 6.31. The third-order valence-electron chi connectivity index (χ3n) is 1.93. The number of carbonyl (C=O) groups is 2. The van der Waals surface area contributed by atoms with Crippen LogP contribution in [0.1, 0.15) is 20.8 Å². The van der Waals surface area contributed by atoms with Crippen molar-refractivity contribution in [1.29, 1.82) is 0 Å². The molecule has 100 valence electrons. The molecule has 0 radical (unpaired) electrons. The van der Waals surface area contributed by atoms with E-state index in [4.69, 9.17) is 5.73 Å². The molecular formula is C9H16N6O2S. The molecule has 3 N–H and O–H groups in total. The second-order valence-corrected chi connectivity index (χ2v) is 5.46. The number of nitrogens with zero attached hydrogens (tertiary/aromatic N) is 4. The first kappa shape index (κ1) is 14.4. The van der Waals surface area contributed by atoms with E-state index in [0.717, 1.165) is 0 Å². The van der Waals surface area contributed by atoms with Gasteiger partial charge in [0.15, 0.2) is 0 Å². The SMILES string of the molecule is CC(C)Cn1nnnc1SC(C)C(=O)NC(N)=O. The zero-order valence-electron chi connectivity index (χ0n) is 10.5. The van der Waals surface area contributed by atoms with E-state index >= 15 is 0 Å². The zero-order chi connectivity index (χ0) is 13.7. The number of carbonyl (C=O) groups excluding carboxylic acids is 2. The van der Waals surface area contributed by atoms with Gasteiger partial charge in [0.2, 0.25) is 11.1 Å². The summed E-state index contributed by atoms with van der Waals surface area (Å²) in [6, 6.07) is -0.866. The Hall–Kier alpha value is -1.64. The van der Waals surface area contributed by atoms with Crippen molar-refractivity contribution < 1.29 is 9.59 Å². The van der Waals surface area contributed by atoms with Crippen molar-refractivity contribution in [2.75, 3.05) is 0 Å². The molecule has 0 saturated carbocycles. The molecule has 0 aliphatic rings. The Kier molecular flexibility index (Phi) is 5.08. The molecule has 1 rings (SSSR count). The minimum absolute atomic E-state index is 0.391. The summed E-state index contributed by atoms with van der Waals surface area (Å²) in [5.41, 5.74) is 4.87. The lowest BCUT2D eigenvalue weighted by Gasteiger charge is -2.10. The second kappa shape index (κ2) is 6.34. The molecule has 3 amide bonds. The van der Waals surface area contributed by atoms with E-state index in [2.05, 4.69) is 15.5 Å². The molecule has 0 fully saturated rings. The van der Waals surface area contributed by atoms with Crippen LogP contribution >= 0.6 is 11.8 Å². The summed E-state index contributed by atoms with van der Waals surface area (Å²) < 4.78 is 1.63. The van der Waals surface area contributed by atoms with Gasteiger partial charge in [-0.3, -0.25) is 10.1 Å². The predicted molar refractivity (Wildman–Crippen MR) is 65.7 cm³/mol. The molecule has 9 heteroatoms. The number of aromatic nitrogens is 4. The van der Waals surface area contributed by atoms with E-state index in [0.29, 0.717) is 17.6 Å². The Morgan fingerprint density at radius 2 is 2.11 bits per heavy atom. The van der Waals surface area contributed by atoms with Crippen molar-refractivity contribution >= 4 is 23.7 Å². The van der Waals surface area contributed by atoms with Crippen molar-refractivity contribution in [3.05, 3.63) is 0 Å². The van der Waals surface area contributed by atoms with Crippen LogP contribution in [0, 0.1) is 5.92 Å². The minimum atomic E-state index is -0.866. The summed E-state index contributed by atoms with van der Waals surface area (Å²) in [4.78, 5) is 22.1. The number of nitrogens with one attached hydrogen (secondary N) is 1. The highest BCUT2D eigenvalue weighted by Gasteiger charge is 2.19. The quantitative estimate of drug-likeness (QED) is 0.729. The van der Waals surface area contributed by atoms with Crippen molar-refractivity contribution in [2.24, 2.45) is 11.7 Å². The van der Waals surface area contributed by atoms with Crippen LogP contribution in [-0.2, 0) is 11.3 Å². The number of urea groups is 1. The smallest absolute Gasteiger partial charge is 0.318 e. The molecule has 1 aromatic rings. The summed E-state index contributed by atoms with van der Waals surface area (Å²) in [7, 11) is 0. The number of hydrogen-bond donors (Lipinski definition) is 2. The van der Waals surface area contributed by atoms with Crippen LogP contribution in [0.2, 0.25) is 0 Å². The lowest BCUT2D eigenvalue weighted by atomic mass is 10.2. The molecule has 0 aliphatic carbocycles. The number of nitrogens with two attached hydrogens (primary N) is 1. The maximum Gasteiger partial charge on any atom is 0.318 e. The Labute approximate surface area is 109 Å². The molecular weight excluding hydrogens is 256 g/mol. The summed E-state index contributed by atoms with van der Waals surface area (Å²) in [5, 5.41) is 13.3. The first-order chi connectivity index (χ1) is 8.40. The van der Waals surface area contributed by atoms with Gasteiger partial charge in [-0.05, 0) is 23.3 Å². The normalized spacial score (nSPS) is 12.4. The molecule has 1 unspecified atom stereocenters. The molecule has 0 aliphatic heterocycles. The molecule has 0 spiro atoms. The Morgan fingerprint density at radius 1 is 1.44 bits per heavy atom. The van der Waals surface area contributed by atoms with Gasteiger partial charge in [0.1, 0.15) is 0 Å². The molecule has 0 bridgehead atoms. The van der Waals surface area contributed by atoms with Gasteiger partial charge in [0.05, 0.1) is 5.25 Å². The zero-order valence-corrected chi connectivity index (χ0v) is 11.3. The molecule has 0 aromatic carbocycles. The van der Waals surface area contributed by atoms with Gasteiger partial charge in [-0.2, -0.15) is 0 Å². The van der Waals surface area contributed by atoms with Crippen LogP contribution in [0.5, 0.6) is 0 Å².